The summed E-state index contributed by atoms with van der Waals surface area (Å²) >= 11 is 0. The summed E-state index contributed by atoms with van der Waals surface area (Å²) in [5, 5.41) is 12.8. The van der Waals surface area contributed by atoms with Crippen LogP contribution in [0.1, 0.15) is 35.6 Å². The summed E-state index contributed by atoms with van der Waals surface area (Å²) in [7, 11) is 0. The smallest absolute Gasteiger partial charge is 0.230 e. The average molecular weight is 331 g/mol. The number of amides is 1. The molecule has 0 bridgehead atoms. The summed E-state index contributed by atoms with van der Waals surface area (Å²) in [4.78, 5) is 12.5. The fraction of sp³-hybridized carbons (Fsp3) is 0.316. The molecule has 1 atom stereocenters. The van der Waals surface area contributed by atoms with Gasteiger partial charge in [-0.3, -0.25) is 4.79 Å². The van der Waals surface area contributed by atoms with Gasteiger partial charge < -0.3 is 10.4 Å². The van der Waals surface area contributed by atoms with E-state index in [1.165, 1.54) is 6.07 Å². The van der Waals surface area contributed by atoms with E-state index in [1.54, 1.807) is 0 Å². The van der Waals surface area contributed by atoms with E-state index in [2.05, 4.69) is 5.32 Å². The summed E-state index contributed by atoms with van der Waals surface area (Å²) in [5.41, 5.74) is 1.77. The van der Waals surface area contributed by atoms with Crippen LogP contribution >= 0.6 is 0 Å². The molecule has 1 amide bonds. The molecule has 5 heteroatoms. The van der Waals surface area contributed by atoms with E-state index in [9.17, 15) is 18.7 Å². The maximum Gasteiger partial charge on any atom is 0.230 e. The molecule has 1 saturated carbocycles. The number of carbonyl (C=O) groups excluding carboxylic acids is 1. The van der Waals surface area contributed by atoms with Gasteiger partial charge in [0, 0.05) is 6.54 Å². The zero-order valence-electron chi connectivity index (χ0n) is 13.4. The Morgan fingerprint density at radius 2 is 1.96 bits per heavy atom. The minimum atomic E-state index is -1.09. The monoisotopic (exact) mass is 331 g/mol. The van der Waals surface area contributed by atoms with Crippen LogP contribution in [0.4, 0.5) is 8.78 Å². The van der Waals surface area contributed by atoms with E-state index in [-0.39, 0.29) is 18.0 Å². The van der Waals surface area contributed by atoms with Gasteiger partial charge in [-0.1, -0.05) is 35.9 Å². The van der Waals surface area contributed by atoms with E-state index < -0.39 is 23.2 Å². The maximum absolute atomic E-state index is 13.2. The first-order chi connectivity index (χ1) is 11.4. The molecule has 0 radical (unpaired) electrons. The second-order valence-corrected chi connectivity index (χ2v) is 6.35. The summed E-state index contributed by atoms with van der Waals surface area (Å²) in [5.74, 6) is -2.13. The largest absolute Gasteiger partial charge is 0.387 e. The second-order valence-electron chi connectivity index (χ2n) is 6.35. The van der Waals surface area contributed by atoms with Crippen molar-refractivity contribution in [2.24, 2.45) is 0 Å². The van der Waals surface area contributed by atoms with Crippen molar-refractivity contribution in [3.05, 3.63) is 70.8 Å². The Bertz CT molecular complexity index is 772. The highest BCUT2D eigenvalue weighted by molar-refractivity contribution is 5.91. The highest BCUT2D eigenvalue weighted by Gasteiger charge is 2.51. The lowest BCUT2D eigenvalue weighted by Crippen LogP contribution is -2.37. The summed E-state index contributed by atoms with van der Waals surface area (Å²) in [6, 6.07) is 11.1. The number of benzene rings is 2. The van der Waals surface area contributed by atoms with E-state index >= 15 is 0 Å². The van der Waals surface area contributed by atoms with Crippen LogP contribution < -0.4 is 5.32 Å². The minimum Gasteiger partial charge on any atom is -0.387 e. The Labute approximate surface area is 139 Å². The van der Waals surface area contributed by atoms with Crippen molar-refractivity contribution in [1.29, 1.82) is 0 Å². The highest BCUT2D eigenvalue weighted by atomic mass is 19.2. The van der Waals surface area contributed by atoms with E-state index in [0.717, 1.165) is 36.1 Å². The third-order valence-electron chi connectivity index (χ3n) is 4.54. The molecule has 0 aromatic heterocycles. The van der Waals surface area contributed by atoms with E-state index in [1.807, 2.05) is 31.2 Å². The average Bonchev–Trinajstić information content (AvgIpc) is 3.37. The molecule has 0 saturated heterocycles. The van der Waals surface area contributed by atoms with Crippen molar-refractivity contribution in [3.63, 3.8) is 0 Å². The van der Waals surface area contributed by atoms with E-state index in [4.69, 9.17) is 0 Å². The van der Waals surface area contributed by atoms with Crippen molar-refractivity contribution in [2.45, 2.75) is 31.3 Å². The number of carbonyl (C=O) groups is 1. The standard InChI is InChI=1S/C19H19F2NO2/c1-12-3-2-4-14(9-12)19(7-8-19)18(24)22-11-17(23)13-5-6-15(20)16(21)10-13/h2-6,9-10,17,23H,7-8,11H2,1H3,(H,22,24)/t17-/m1/s1. The molecular weight excluding hydrogens is 312 g/mol. The Kier molecular flexibility index (Phi) is 4.37. The first-order valence-electron chi connectivity index (χ1n) is 7.91. The van der Waals surface area contributed by atoms with Gasteiger partial charge in [-0.25, -0.2) is 8.78 Å². The zero-order chi connectivity index (χ0) is 17.3. The fourth-order valence-electron chi connectivity index (χ4n) is 2.91. The molecule has 24 heavy (non-hydrogen) atoms. The molecule has 0 unspecified atom stereocenters. The van der Waals surface area contributed by atoms with Gasteiger partial charge in [-0.15, -0.1) is 0 Å². The number of hydrogen-bond acceptors (Lipinski definition) is 2. The number of aryl methyl sites for hydroxylation is 1. The molecule has 2 aromatic carbocycles. The Morgan fingerprint density at radius 3 is 2.58 bits per heavy atom. The van der Waals surface area contributed by atoms with Gasteiger partial charge in [0.1, 0.15) is 0 Å². The number of halogens is 2. The predicted octanol–water partition coefficient (Wildman–Crippen LogP) is 3.15. The quantitative estimate of drug-likeness (QED) is 0.884. The van der Waals surface area contributed by atoms with Crippen LogP contribution in [-0.2, 0) is 10.2 Å². The van der Waals surface area contributed by atoms with Crippen molar-refractivity contribution in [1.82, 2.24) is 5.32 Å². The van der Waals surface area contributed by atoms with Crippen LogP contribution in [0.15, 0.2) is 42.5 Å². The Hall–Kier alpha value is -2.27. The van der Waals surface area contributed by atoms with Gasteiger partial charge in [0.15, 0.2) is 11.6 Å². The van der Waals surface area contributed by atoms with Crippen LogP contribution in [0.3, 0.4) is 0 Å². The summed E-state index contributed by atoms with van der Waals surface area (Å²) < 4.78 is 26.2. The normalized spacial score (nSPS) is 16.5. The van der Waals surface area contributed by atoms with Gasteiger partial charge in [0.25, 0.3) is 0 Å². The van der Waals surface area contributed by atoms with Crippen molar-refractivity contribution in [2.75, 3.05) is 6.54 Å². The third-order valence-corrected chi connectivity index (χ3v) is 4.54. The van der Waals surface area contributed by atoms with Crippen LogP contribution in [0.25, 0.3) is 0 Å². The second kappa shape index (κ2) is 6.32. The third kappa shape index (κ3) is 3.17. The van der Waals surface area contributed by atoms with E-state index in [0.29, 0.717) is 0 Å². The number of rotatable bonds is 5. The van der Waals surface area contributed by atoms with Crippen LogP contribution in [0.2, 0.25) is 0 Å². The molecule has 0 spiro atoms. The first-order valence-corrected chi connectivity index (χ1v) is 7.91. The molecular formula is C19H19F2NO2. The first kappa shape index (κ1) is 16.6. The molecule has 2 N–H and O–H groups in total. The van der Waals surface area contributed by atoms with Gasteiger partial charge in [0.05, 0.1) is 11.5 Å². The topological polar surface area (TPSA) is 49.3 Å². The lowest BCUT2D eigenvalue weighted by Gasteiger charge is -2.18. The van der Waals surface area contributed by atoms with Crippen LogP contribution in [0, 0.1) is 18.6 Å². The Balaban J connectivity index is 1.66. The summed E-state index contributed by atoms with van der Waals surface area (Å²) in [6.07, 6.45) is 0.449. The van der Waals surface area contributed by atoms with Crippen LogP contribution in [-0.4, -0.2) is 17.6 Å². The number of aliphatic hydroxyl groups excluding tert-OH is 1. The number of hydrogen-bond donors (Lipinski definition) is 2. The van der Waals surface area contributed by atoms with Crippen molar-refractivity contribution < 1.29 is 18.7 Å². The molecule has 2 aromatic rings. The predicted molar refractivity (Wildman–Crippen MR) is 86.4 cm³/mol. The lowest BCUT2D eigenvalue weighted by atomic mass is 9.93. The lowest BCUT2D eigenvalue weighted by molar-refractivity contribution is -0.124. The Morgan fingerprint density at radius 1 is 1.21 bits per heavy atom. The van der Waals surface area contributed by atoms with Crippen molar-refractivity contribution >= 4 is 5.91 Å². The molecule has 1 fully saturated rings. The number of nitrogens with one attached hydrogen (secondary N) is 1. The molecule has 1 aliphatic rings. The fourth-order valence-corrected chi connectivity index (χ4v) is 2.91. The van der Waals surface area contributed by atoms with Crippen LogP contribution in [0.5, 0.6) is 0 Å². The maximum atomic E-state index is 13.2. The molecule has 0 aliphatic heterocycles. The minimum absolute atomic E-state index is 0.0442. The molecule has 126 valence electrons. The number of aliphatic hydroxyl groups is 1. The molecule has 1 aliphatic carbocycles. The van der Waals surface area contributed by atoms with Gasteiger partial charge in [-0.05, 0) is 43.0 Å². The SMILES string of the molecule is Cc1cccc(C2(C(=O)NC[C@@H](O)c3ccc(F)c(F)c3)CC2)c1. The highest BCUT2D eigenvalue weighted by Crippen LogP contribution is 2.48. The summed E-state index contributed by atoms with van der Waals surface area (Å²) in [6.45, 7) is 1.93. The molecule has 3 rings (SSSR count). The van der Waals surface area contributed by atoms with Gasteiger partial charge in [-0.2, -0.15) is 0 Å². The molecule has 3 nitrogen and oxygen atoms in total. The van der Waals surface area contributed by atoms with Gasteiger partial charge in [0.2, 0.25) is 5.91 Å². The van der Waals surface area contributed by atoms with Crippen molar-refractivity contribution in [3.8, 4) is 0 Å². The zero-order valence-corrected chi connectivity index (χ0v) is 13.4. The van der Waals surface area contributed by atoms with Gasteiger partial charge >= 0.3 is 0 Å². The molecule has 0 heterocycles.